The molecule has 2 N–H and O–H groups in total. The molecule has 0 radical (unpaired) electrons. The maximum atomic E-state index is 11.7. The number of aromatic amines is 1. The van der Waals surface area contributed by atoms with E-state index < -0.39 is 0 Å². The Bertz CT molecular complexity index is 497. The molecule has 0 aliphatic heterocycles. The van der Waals surface area contributed by atoms with Gasteiger partial charge in [-0.05, 0) is 42.7 Å². The van der Waals surface area contributed by atoms with Crippen LogP contribution in [0.3, 0.4) is 0 Å². The molecular weight excluding hydrogens is 246 g/mol. The van der Waals surface area contributed by atoms with Gasteiger partial charge in [0.15, 0.2) is 0 Å². The number of H-pyrrole nitrogens is 1. The number of thiophene rings is 1. The van der Waals surface area contributed by atoms with Crippen LogP contribution in [-0.2, 0) is 17.8 Å². The summed E-state index contributed by atoms with van der Waals surface area (Å²) < 4.78 is 0. The van der Waals surface area contributed by atoms with Gasteiger partial charge in [-0.25, -0.2) is 0 Å². The third-order valence-electron chi connectivity index (χ3n) is 2.96. The molecule has 0 aliphatic carbocycles. The Morgan fingerprint density at radius 1 is 1.50 bits per heavy atom. The summed E-state index contributed by atoms with van der Waals surface area (Å²) in [6.07, 6.45) is 1.34. The molecule has 5 heteroatoms. The highest BCUT2D eigenvalue weighted by Gasteiger charge is 2.08. The lowest BCUT2D eigenvalue weighted by Gasteiger charge is -2.05. The molecule has 1 amide bonds. The molecule has 0 saturated carbocycles. The molecule has 0 bridgehead atoms. The first-order valence-electron chi connectivity index (χ1n) is 5.95. The highest BCUT2D eigenvalue weighted by Crippen LogP contribution is 2.10. The van der Waals surface area contributed by atoms with E-state index in [2.05, 4.69) is 27.0 Å². The first-order valence-corrected chi connectivity index (χ1v) is 6.89. The first-order chi connectivity index (χ1) is 8.66. The van der Waals surface area contributed by atoms with E-state index >= 15 is 0 Å². The molecule has 2 rings (SSSR count). The Morgan fingerprint density at radius 3 is 2.94 bits per heavy atom. The van der Waals surface area contributed by atoms with Crippen molar-refractivity contribution in [2.24, 2.45) is 0 Å². The monoisotopic (exact) mass is 263 g/mol. The van der Waals surface area contributed by atoms with E-state index in [0.717, 1.165) is 23.4 Å². The molecule has 0 fully saturated rings. The van der Waals surface area contributed by atoms with Crippen LogP contribution in [-0.4, -0.2) is 16.1 Å². The van der Waals surface area contributed by atoms with Crippen molar-refractivity contribution in [2.75, 3.05) is 0 Å². The number of hydrogen-bond acceptors (Lipinski definition) is 3. The van der Waals surface area contributed by atoms with Crippen molar-refractivity contribution in [2.45, 2.75) is 33.2 Å². The zero-order chi connectivity index (χ0) is 13.0. The summed E-state index contributed by atoms with van der Waals surface area (Å²) in [6, 6.07) is 2.06. The molecule has 2 heterocycles. The summed E-state index contributed by atoms with van der Waals surface area (Å²) in [5.74, 6) is 0.0844. The minimum Gasteiger partial charge on any atom is -0.352 e. The SMILES string of the molecule is Cc1n[nH]c(C)c1CNC(=O)CCc1ccsc1. The fourth-order valence-electron chi connectivity index (χ4n) is 1.80. The number of carbonyl (C=O) groups is 1. The average molecular weight is 263 g/mol. The van der Waals surface area contributed by atoms with E-state index in [4.69, 9.17) is 0 Å². The van der Waals surface area contributed by atoms with Crippen LogP contribution in [0.15, 0.2) is 16.8 Å². The van der Waals surface area contributed by atoms with Crippen molar-refractivity contribution in [1.82, 2.24) is 15.5 Å². The van der Waals surface area contributed by atoms with Crippen molar-refractivity contribution < 1.29 is 4.79 Å². The molecule has 0 unspecified atom stereocenters. The lowest BCUT2D eigenvalue weighted by Crippen LogP contribution is -2.23. The fourth-order valence-corrected chi connectivity index (χ4v) is 2.51. The van der Waals surface area contributed by atoms with E-state index in [1.807, 2.05) is 19.2 Å². The predicted octanol–water partition coefficient (Wildman–Crippen LogP) is 2.34. The number of nitrogens with one attached hydrogen (secondary N) is 2. The van der Waals surface area contributed by atoms with Crippen molar-refractivity contribution in [3.8, 4) is 0 Å². The highest BCUT2D eigenvalue weighted by molar-refractivity contribution is 7.07. The number of aryl methyl sites for hydroxylation is 3. The smallest absolute Gasteiger partial charge is 0.220 e. The van der Waals surface area contributed by atoms with Crippen molar-refractivity contribution >= 4 is 17.2 Å². The van der Waals surface area contributed by atoms with Crippen molar-refractivity contribution in [1.29, 1.82) is 0 Å². The minimum absolute atomic E-state index is 0.0844. The Labute approximate surface area is 110 Å². The van der Waals surface area contributed by atoms with Gasteiger partial charge < -0.3 is 5.32 Å². The van der Waals surface area contributed by atoms with Crippen LogP contribution in [0.1, 0.15) is 28.9 Å². The van der Waals surface area contributed by atoms with E-state index in [1.165, 1.54) is 5.56 Å². The van der Waals surface area contributed by atoms with Crippen LogP contribution in [0, 0.1) is 13.8 Å². The molecule has 2 aromatic rings. The van der Waals surface area contributed by atoms with Crippen molar-refractivity contribution in [3.63, 3.8) is 0 Å². The second-order valence-electron chi connectivity index (χ2n) is 4.32. The van der Waals surface area contributed by atoms with Gasteiger partial charge in [0, 0.05) is 24.2 Å². The van der Waals surface area contributed by atoms with Gasteiger partial charge in [-0.1, -0.05) is 0 Å². The quantitative estimate of drug-likeness (QED) is 0.870. The summed E-state index contributed by atoms with van der Waals surface area (Å²) in [6.45, 7) is 4.46. The molecule has 18 heavy (non-hydrogen) atoms. The summed E-state index contributed by atoms with van der Waals surface area (Å²) in [5, 5.41) is 14.1. The van der Waals surface area contributed by atoms with Gasteiger partial charge in [0.25, 0.3) is 0 Å². The Kier molecular flexibility index (Phi) is 4.15. The van der Waals surface area contributed by atoms with Crippen LogP contribution in [0.25, 0.3) is 0 Å². The molecule has 0 aliphatic rings. The molecule has 0 saturated heterocycles. The third-order valence-corrected chi connectivity index (χ3v) is 3.70. The minimum atomic E-state index is 0.0844. The maximum Gasteiger partial charge on any atom is 0.220 e. The van der Waals surface area contributed by atoms with Crippen LogP contribution in [0.2, 0.25) is 0 Å². The third kappa shape index (κ3) is 3.20. The normalized spacial score (nSPS) is 10.6. The van der Waals surface area contributed by atoms with Crippen LogP contribution < -0.4 is 5.32 Å². The Morgan fingerprint density at radius 2 is 2.33 bits per heavy atom. The number of amides is 1. The van der Waals surface area contributed by atoms with E-state index in [-0.39, 0.29) is 5.91 Å². The molecule has 0 aromatic carbocycles. The summed E-state index contributed by atoms with van der Waals surface area (Å²) in [7, 11) is 0. The lowest BCUT2D eigenvalue weighted by atomic mass is 10.1. The highest BCUT2D eigenvalue weighted by atomic mass is 32.1. The largest absolute Gasteiger partial charge is 0.352 e. The van der Waals surface area contributed by atoms with Crippen LogP contribution in [0.5, 0.6) is 0 Å². The zero-order valence-electron chi connectivity index (χ0n) is 10.6. The van der Waals surface area contributed by atoms with Crippen LogP contribution in [0.4, 0.5) is 0 Å². The van der Waals surface area contributed by atoms with E-state index in [1.54, 1.807) is 11.3 Å². The molecule has 0 atom stereocenters. The van der Waals surface area contributed by atoms with Crippen LogP contribution >= 0.6 is 11.3 Å². The zero-order valence-corrected chi connectivity index (χ0v) is 11.4. The number of hydrogen-bond donors (Lipinski definition) is 2. The number of rotatable bonds is 5. The number of carbonyl (C=O) groups excluding carboxylic acids is 1. The Balaban J connectivity index is 1.78. The van der Waals surface area contributed by atoms with Gasteiger partial charge in [0.05, 0.1) is 5.69 Å². The van der Waals surface area contributed by atoms with Gasteiger partial charge in [-0.3, -0.25) is 9.89 Å². The van der Waals surface area contributed by atoms with Gasteiger partial charge in [-0.2, -0.15) is 16.4 Å². The van der Waals surface area contributed by atoms with E-state index in [9.17, 15) is 4.79 Å². The lowest BCUT2D eigenvalue weighted by molar-refractivity contribution is -0.121. The van der Waals surface area contributed by atoms with Gasteiger partial charge in [-0.15, -0.1) is 0 Å². The standard InChI is InChI=1S/C13H17N3OS/c1-9-12(10(2)16-15-9)7-14-13(17)4-3-11-5-6-18-8-11/h5-6,8H,3-4,7H2,1-2H3,(H,14,17)(H,15,16). The molecule has 4 nitrogen and oxygen atoms in total. The first kappa shape index (κ1) is 12.8. The molecular formula is C13H17N3OS. The second-order valence-corrected chi connectivity index (χ2v) is 5.10. The average Bonchev–Trinajstić information content (AvgIpc) is 2.96. The predicted molar refractivity (Wildman–Crippen MR) is 72.5 cm³/mol. The molecule has 96 valence electrons. The summed E-state index contributed by atoms with van der Waals surface area (Å²) in [5.41, 5.74) is 4.28. The molecule has 2 aromatic heterocycles. The van der Waals surface area contributed by atoms with Gasteiger partial charge in [0.2, 0.25) is 5.91 Å². The topological polar surface area (TPSA) is 57.8 Å². The molecule has 0 spiro atoms. The van der Waals surface area contributed by atoms with Gasteiger partial charge >= 0.3 is 0 Å². The summed E-state index contributed by atoms with van der Waals surface area (Å²) in [4.78, 5) is 11.7. The summed E-state index contributed by atoms with van der Waals surface area (Å²) >= 11 is 1.66. The van der Waals surface area contributed by atoms with E-state index in [0.29, 0.717) is 13.0 Å². The van der Waals surface area contributed by atoms with Crippen molar-refractivity contribution in [3.05, 3.63) is 39.3 Å². The second kappa shape index (κ2) is 5.82. The maximum absolute atomic E-state index is 11.7. The Hall–Kier alpha value is -1.62. The number of aromatic nitrogens is 2. The fraction of sp³-hybridized carbons (Fsp3) is 0.385. The number of nitrogens with zero attached hydrogens (tertiary/aromatic N) is 1. The van der Waals surface area contributed by atoms with Gasteiger partial charge in [0.1, 0.15) is 0 Å².